The molecule has 0 saturated heterocycles. The van der Waals surface area contributed by atoms with Crippen LogP contribution < -0.4 is 4.74 Å². The van der Waals surface area contributed by atoms with Gasteiger partial charge in [0, 0.05) is 10.4 Å². The quantitative estimate of drug-likeness (QED) is 0.580. The van der Waals surface area contributed by atoms with Crippen LogP contribution in [0.5, 0.6) is 5.75 Å². The molecule has 2 rings (SSSR count). The molecule has 0 aliphatic rings. The van der Waals surface area contributed by atoms with E-state index in [9.17, 15) is 0 Å². The summed E-state index contributed by atoms with van der Waals surface area (Å²) < 4.78 is 6.39. The lowest BCUT2D eigenvalue weighted by Gasteiger charge is -2.17. The van der Waals surface area contributed by atoms with E-state index in [0.29, 0.717) is 27.8 Å². The summed E-state index contributed by atoms with van der Waals surface area (Å²) in [6.45, 7) is 11.5. The molecule has 2 aromatic rings. The second-order valence-electron chi connectivity index (χ2n) is 7.33. The summed E-state index contributed by atoms with van der Waals surface area (Å²) in [5.41, 5.74) is 2.10. The summed E-state index contributed by atoms with van der Waals surface area (Å²) in [7, 11) is 0. The molecule has 1 aromatic carbocycles. The average Bonchev–Trinajstić information content (AvgIpc) is 2.76. The molecule has 0 bridgehead atoms. The number of hydrogen-bond acceptors (Lipinski definition) is 3. The van der Waals surface area contributed by atoms with E-state index in [2.05, 4.69) is 39.6 Å². The minimum atomic E-state index is 0.175. The van der Waals surface area contributed by atoms with Gasteiger partial charge in [-0.3, -0.25) is 0 Å². The van der Waals surface area contributed by atoms with Crippen molar-refractivity contribution in [3.8, 4) is 17.0 Å². The molecular formula is C18H23Cl2NOS. The number of benzene rings is 1. The number of rotatable bonds is 5. The molecule has 1 heterocycles. The highest BCUT2D eigenvalue weighted by atomic mass is 35.5. The van der Waals surface area contributed by atoms with Gasteiger partial charge in [0.15, 0.2) is 4.47 Å². The number of nitrogens with zero attached hydrogens (tertiary/aromatic N) is 1. The minimum Gasteiger partial charge on any atom is -0.492 e. The Morgan fingerprint density at radius 1 is 1.22 bits per heavy atom. The molecule has 2 nitrogen and oxygen atoms in total. The van der Waals surface area contributed by atoms with Gasteiger partial charge in [0.25, 0.3) is 0 Å². The minimum absolute atomic E-state index is 0.175. The van der Waals surface area contributed by atoms with Crippen molar-refractivity contribution >= 4 is 34.5 Å². The van der Waals surface area contributed by atoms with Gasteiger partial charge >= 0.3 is 0 Å². The normalized spacial score (nSPS) is 12.0. The largest absolute Gasteiger partial charge is 0.492 e. The van der Waals surface area contributed by atoms with Gasteiger partial charge in [-0.15, -0.1) is 11.3 Å². The number of aromatic nitrogens is 1. The summed E-state index contributed by atoms with van der Waals surface area (Å²) in [6.07, 6.45) is 0.928. The molecule has 0 aliphatic carbocycles. The van der Waals surface area contributed by atoms with Gasteiger partial charge in [-0.1, -0.05) is 63.9 Å². The molecule has 0 unspecified atom stereocenters. The maximum Gasteiger partial charge on any atom is 0.184 e. The van der Waals surface area contributed by atoms with Gasteiger partial charge in [0.2, 0.25) is 0 Å². The zero-order valence-electron chi connectivity index (χ0n) is 14.2. The van der Waals surface area contributed by atoms with Crippen LogP contribution in [0.15, 0.2) is 18.2 Å². The monoisotopic (exact) mass is 371 g/mol. The van der Waals surface area contributed by atoms with Crippen LogP contribution in [0.4, 0.5) is 0 Å². The molecule has 23 heavy (non-hydrogen) atoms. The highest BCUT2D eigenvalue weighted by molar-refractivity contribution is 7.16. The van der Waals surface area contributed by atoms with E-state index in [1.54, 1.807) is 11.3 Å². The van der Waals surface area contributed by atoms with Crippen molar-refractivity contribution in [2.45, 2.75) is 41.0 Å². The molecule has 0 saturated carbocycles. The van der Waals surface area contributed by atoms with Crippen molar-refractivity contribution in [1.29, 1.82) is 0 Å². The maximum atomic E-state index is 6.25. The van der Waals surface area contributed by atoms with E-state index in [0.717, 1.165) is 17.7 Å². The van der Waals surface area contributed by atoms with Crippen LogP contribution >= 0.6 is 34.5 Å². The fraction of sp³-hybridized carbons (Fsp3) is 0.500. The number of ether oxygens (including phenoxy) is 1. The Morgan fingerprint density at radius 3 is 2.52 bits per heavy atom. The van der Waals surface area contributed by atoms with Crippen LogP contribution in [0.2, 0.25) is 9.49 Å². The van der Waals surface area contributed by atoms with Crippen molar-refractivity contribution in [3.63, 3.8) is 0 Å². The Bertz CT molecular complexity index is 674. The third-order valence-corrected chi connectivity index (χ3v) is 4.61. The van der Waals surface area contributed by atoms with Crippen LogP contribution in [-0.2, 0) is 6.42 Å². The van der Waals surface area contributed by atoms with Crippen molar-refractivity contribution in [2.24, 2.45) is 11.3 Å². The maximum absolute atomic E-state index is 6.25. The van der Waals surface area contributed by atoms with Gasteiger partial charge in [0.05, 0.1) is 17.3 Å². The van der Waals surface area contributed by atoms with Crippen molar-refractivity contribution in [1.82, 2.24) is 4.98 Å². The standard InChI is InChI=1S/C18H23Cl2NOS/c1-11(2)10-22-14-8-12(6-7-13(14)19)16-15(9-18(3,4)5)23-17(20)21-16/h6-8,11H,9-10H2,1-5H3. The average molecular weight is 372 g/mol. The van der Waals surface area contributed by atoms with Gasteiger partial charge in [-0.2, -0.15) is 0 Å². The zero-order valence-corrected chi connectivity index (χ0v) is 16.6. The first kappa shape index (κ1) is 18.6. The topological polar surface area (TPSA) is 22.1 Å². The predicted octanol–water partition coefficient (Wildman–Crippen LogP) is 6.74. The lowest BCUT2D eigenvalue weighted by Crippen LogP contribution is -2.08. The van der Waals surface area contributed by atoms with Gasteiger partial charge < -0.3 is 4.74 Å². The molecular weight excluding hydrogens is 349 g/mol. The lowest BCUT2D eigenvalue weighted by atomic mass is 9.90. The van der Waals surface area contributed by atoms with E-state index in [1.165, 1.54) is 4.88 Å². The molecule has 126 valence electrons. The van der Waals surface area contributed by atoms with Gasteiger partial charge in [-0.25, -0.2) is 4.98 Å². The molecule has 0 spiro atoms. The first-order valence-corrected chi connectivity index (χ1v) is 9.31. The first-order valence-electron chi connectivity index (χ1n) is 7.73. The van der Waals surface area contributed by atoms with E-state index in [-0.39, 0.29) is 5.41 Å². The van der Waals surface area contributed by atoms with Crippen LogP contribution in [0.25, 0.3) is 11.3 Å². The smallest absolute Gasteiger partial charge is 0.184 e. The summed E-state index contributed by atoms with van der Waals surface area (Å²) in [4.78, 5) is 5.71. The second-order valence-corrected chi connectivity index (χ2v) is 9.40. The molecule has 1 aromatic heterocycles. The van der Waals surface area contributed by atoms with E-state index >= 15 is 0 Å². The second kappa shape index (κ2) is 7.42. The fourth-order valence-corrected chi connectivity index (χ4v) is 3.81. The number of hydrogen-bond donors (Lipinski definition) is 0. The Hall–Kier alpha value is -0.770. The van der Waals surface area contributed by atoms with Crippen LogP contribution in [0.1, 0.15) is 39.5 Å². The molecule has 0 amide bonds. The van der Waals surface area contributed by atoms with E-state index in [4.69, 9.17) is 27.9 Å². The molecule has 0 radical (unpaired) electrons. The van der Waals surface area contributed by atoms with Crippen LogP contribution in [-0.4, -0.2) is 11.6 Å². The molecule has 0 aliphatic heterocycles. The zero-order chi connectivity index (χ0) is 17.2. The van der Waals surface area contributed by atoms with Gasteiger partial charge in [-0.05, 0) is 29.9 Å². The summed E-state index contributed by atoms with van der Waals surface area (Å²) in [5.74, 6) is 1.14. The molecule has 0 atom stereocenters. The molecule has 0 N–H and O–H groups in total. The van der Waals surface area contributed by atoms with Crippen molar-refractivity contribution in [2.75, 3.05) is 6.61 Å². The summed E-state index contributed by atoms with van der Waals surface area (Å²) in [6, 6.07) is 5.80. The third-order valence-electron chi connectivity index (χ3n) is 3.14. The third kappa shape index (κ3) is 5.37. The summed E-state index contributed by atoms with van der Waals surface area (Å²) in [5, 5.41) is 0.619. The molecule has 0 fully saturated rings. The van der Waals surface area contributed by atoms with E-state index in [1.807, 2.05) is 18.2 Å². The highest BCUT2D eigenvalue weighted by Gasteiger charge is 2.20. The Balaban J connectivity index is 2.37. The summed E-state index contributed by atoms with van der Waals surface area (Å²) >= 11 is 14.0. The van der Waals surface area contributed by atoms with Crippen LogP contribution in [0.3, 0.4) is 0 Å². The molecule has 5 heteroatoms. The van der Waals surface area contributed by atoms with Crippen LogP contribution in [0, 0.1) is 11.3 Å². The van der Waals surface area contributed by atoms with Crippen molar-refractivity contribution < 1.29 is 4.74 Å². The predicted molar refractivity (Wildman–Crippen MR) is 101 cm³/mol. The van der Waals surface area contributed by atoms with E-state index < -0.39 is 0 Å². The Kier molecular flexibility index (Phi) is 5.99. The van der Waals surface area contributed by atoms with Gasteiger partial charge in [0.1, 0.15) is 5.75 Å². The lowest BCUT2D eigenvalue weighted by molar-refractivity contribution is 0.271. The Labute approximate surface area is 152 Å². The SMILES string of the molecule is CC(C)COc1cc(-c2nc(Cl)sc2CC(C)(C)C)ccc1Cl. The first-order chi connectivity index (χ1) is 10.7. The highest BCUT2D eigenvalue weighted by Crippen LogP contribution is 2.38. The Morgan fingerprint density at radius 2 is 1.91 bits per heavy atom. The van der Waals surface area contributed by atoms with Crippen molar-refractivity contribution in [3.05, 3.63) is 32.6 Å². The number of halogens is 2. The number of thiazole rings is 1. The fourth-order valence-electron chi connectivity index (χ4n) is 2.17.